The molecule has 3 aliphatic rings. The Hall–Kier alpha value is -1.14. The van der Waals surface area contributed by atoms with Crippen molar-refractivity contribution in [1.82, 2.24) is 14.7 Å². The highest BCUT2D eigenvalue weighted by atomic mass is 16.5. The van der Waals surface area contributed by atoms with Gasteiger partial charge in [-0.05, 0) is 39.2 Å². The fraction of sp³-hybridized carbons (Fsp3) is 0.882. The Balaban J connectivity index is 1.61. The maximum atomic E-state index is 12.8. The smallest absolute Gasteiger partial charge is 0.240 e. The summed E-state index contributed by atoms with van der Waals surface area (Å²) in [4.78, 5) is 31.5. The SMILES string of the molecule is CCN(C(=O)CN1CCCCC1C(=O)N1CCOCC1)C1CC1. The number of hydrogen-bond acceptors (Lipinski definition) is 4. The number of carbonyl (C=O) groups is 2. The van der Waals surface area contributed by atoms with Crippen molar-refractivity contribution in [1.29, 1.82) is 0 Å². The van der Waals surface area contributed by atoms with Gasteiger partial charge in [-0.15, -0.1) is 0 Å². The van der Waals surface area contributed by atoms with Gasteiger partial charge in [-0.3, -0.25) is 14.5 Å². The predicted molar refractivity (Wildman–Crippen MR) is 87.0 cm³/mol. The largest absolute Gasteiger partial charge is 0.378 e. The van der Waals surface area contributed by atoms with Crippen LogP contribution in [-0.2, 0) is 14.3 Å². The molecule has 6 heteroatoms. The number of piperidine rings is 1. The van der Waals surface area contributed by atoms with Crippen LogP contribution >= 0.6 is 0 Å². The normalized spacial score (nSPS) is 26.1. The van der Waals surface area contributed by atoms with Crippen molar-refractivity contribution < 1.29 is 14.3 Å². The van der Waals surface area contributed by atoms with Crippen LogP contribution in [0.4, 0.5) is 0 Å². The predicted octanol–water partition coefficient (Wildman–Crippen LogP) is 0.711. The molecule has 0 spiro atoms. The molecular formula is C17H29N3O3. The molecule has 1 unspecified atom stereocenters. The van der Waals surface area contributed by atoms with Crippen LogP contribution in [0, 0.1) is 0 Å². The van der Waals surface area contributed by atoms with Gasteiger partial charge in [0.1, 0.15) is 0 Å². The van der Waals surface area contributed by atoms with Crippen LogP contribution in [0.1, 0.15) is 39.0 Å². The van der Waals surface area contributed by atoms with Gasteiger partial charge >= 0.3 is 0 Å². The maximum Gasteiger partial charge on any atom is 0.240 e. The van der Waals surface area contributed by atoms with Crippen molar-refractivity contribution in [2.75, 3.05) is 45.9 Å². The Morgan fingerprint density at radius 1 is 1.09 bits per heavy atom. The van der Waals surface area contributed by atoms with E-state index >= 15 is 0 Å². The molecule has 3 fully saturated rings. The third kappa shape index (κ3) is 4.04. The molecule has 1 atom stereocenters. The van der Waals surface area contributed by atoms with Gasteiger partial charge in [0.2, 0.25) is 11.8 Å². The van der Waals surface area contributed by atoms with Crippen LogP contribution in [0.2, 0.25) is 0 Å². The van der Waals surface area contributed by atoms with Crippen molar-refractivity contribution in [3.05, 3.63) is 0 Å². The monoisotopic (exact) mass is 323 g/mol. The molecule has 3 rings (SSSR count). The molecular weight excluding hydrogens is 294 g/mol. The summed E-state index contributed by atoms with van der Waals surface area (Å²) >= 11 is 0. The standard InChI is InChI=1S/C17H29N3O3/c1-2-20(14-6-7-14)16(21)13-19-8-4-3-5-15(19)17(22)18-9-11-23-12-10-18/h14-15H,2-13H2,1H3. The van der Waals surface area contributed by atoms with E-state index < -0.39 is 0 Å². The lowest BCUT2D eigenvalue weighted by Gasteiger charge is -2.39. The van der Waals surface area contributed by atoms with Gasteiger partial charge in [0.15, 0.2) is 0 Å². The van der Waals surface area contributed by atoms with Crippen molar-refractivity contribution >= 4 is 11.8 Å². The molecule has 1 saturated carbocycles. The summed E-state index contributed by atoms with van der Waals surface area (Å²) in [7, 11) is 0. The highest BCUT2D eigenvalue weighted by molar-refractivity contribution is 5.84. The first-order valence-corrected chi connectivity index (χ1v) is 9.10. The third-order valence-corrected chi connectivity index (χ3v) is 5.21. The van der Waals surface area contributed by atoms with Gasteiger partial charge < -0.3 is 14.5 Å². The Morgan fingerprint density at radius 3 is 2.48 bits per heavy atom. The third-order valence-electron chi connectivity index (χ3n) is 5.21. The van der Waals surface area contributed by atoms with Crippen LogP contribution in [0.5, 0.6) is 0 Å². The lowest BCUT2D eigenvalue weighted by Crippen LogP contribution is -2.55. The van der Waals surface area contributed by atoms with Crippen molar-refractivity contribution in [2.24, 2.45) is 0 Å². The summed E-state index contributed by atoms with van der Waals surface area (Å²) in [5, 5.41) is 0. The number of carbonyl (C=O) groups excluding carboxylic acids is 2. The number of ether oxygens (including phenoxy) is 1. The van der Waals surface area contributed by atoms with Crippen LogP contribution in [0.25, 0.3) is 0 Å². The van der Waals surface area contributed by atoms with E-state index in [0.717, 1.165) is 45.2 Å². The minimum absolute atomic E-state index is 0.122. The average molecular weight is 323 g/mol. The van der Waals surface area contributed by atoms with Crippen LogP contribution in [0.3, 0.4) is 0 Å². The topological polar surface area (TPSA) is 53.1 Å². The molecule has 130 valence electrons. The van der Waals surface area contributed by atoms with Gasteiger partial charge in [0, 0.05) is 25.7 Å². The summed E-state index contributed by atoms with van der Waals surface area (Å²) in [6.45, 7) is 6.69. The van der Waals surface area contributed by atoms with E-state index in [4.69, 9.17) is 4.74 Å². The van der Waals surface area contributed by atoms with Gasteiger partial charge in [-0.1, -0.05) is 6.42 Å². The van der Waals surface area contributed by atoms with Crippen LogP contribution < -0.4 is 0 Å². The van der Waals surface area contributed by atoms with Crippen molar-refractivity contribution in [2.45, 2.75) is 51.1 Å². The second kappa shape index (κ2) is 7.62. The second-order valence-corrected chi connectivity index (χ2v) is 6.83. The minimum Gasteiger partial charge on any atom is -0.378 e. The molecule has 1 aliphatic carbocycles. The molecule has 0 bridgehead atoms. The number of rotatable bonds is 5. The Morgan fingerprint density at radius 2 is 1.83 bits per heavy atom. The zero-order chi connectivity index (χ0) is 16.2. The van der Waals surface area contributed by atoms with Crippen LogP contribution in [0.15, 0.2) is 0 Å². The first kappa shape index (κ1) is 16.7. The maximum absolute atomic E-state index is 12.8. The van der Waals surface area contributed by atoms with Crippen molar-refractivity contribution in [3.8, 4) is 0 Å². The summed E-state index contributed by atoms with van der Waals surface area (Å²) < 4.78 is 5.34. The van der Waals surface area contributed by atoms with E-state index in [1.54, 1.807) is 0 Å². The summed E-state index contributed by atoms with van der Waals surface area (Å²) in [5.74, 6) is 0.381. The molecule has 0 N–H and O–H groups in total. The lowest BCUT2D eigenvalue weighted by atomic mass is 10.0. The molecule has 2 amide bonds. The number of amides is 2. The first-order chi connectivity index (χ1) is 11.2. The van der Waals surface area contributed by atoms with E-state index in [0.29, 0.717) is 38.9 Å². The highest BCUT2D eigenvalue weighted by Crippen LogP contribution is 2.27. The minimum atomic E-state index is -0.122. The first-order valence-electron chi connectivity index (χ1n) is 9.10. The summed E-state index contributed by atoms with van der Waals surface area (Å²) in [6, 6.07) is 0.328. The molecule has 2 saturated heterocycles. The quantitative estimate of drug-likeness (QED) is 0.748. The Labute approximate surface area is 138 Å². The molecule has 0 aromatic rings. The van der Waals surface area contributed by atoms with Crippen LogP contribution in [-0.4, -0.2) is 84.5 Å². The number of hydrogen-bond donors (Lipinski definition) is 0. The number of nitrogens with zero attached hydrogens (tertiary/aromatic N) is 3. The number of likely N-dealkylation sites (N-methyl/N-ethyl adjacent to an activating group) is 1. The summed E-state index contributed by atoms with van der Waals surface area (Å²) in [6.07, 6.45) is 5.30. The zero-order valence-corrected chi connectivity index (χ0v) is 14.2. The van der Waals surface area contributed by atoms with E-state index in [1.165, 1.54) is 0 Å². The van der Waals surface area contributed by atoms with E-state index in [-0.39, 0.29) is 17.9 Å². The van der Waals surface area contributed by atoms with E-state index in [1.807, 2.05) is 16.7 Å². The fourth-order valence-electron chi connectivity index (χ4n) is 3.74. The van der Waals surface area contributed by atoms with Gasteiger partial charge in [-0.25, -0.2) is 0 Å². The van der Waals surface area contributed by atoms with E-state index in [9.17, 15) is 9.59 Å². The zero-order valence-electron chi connectivity index (χ0n) is 14.2. The van der Waals surface area contributed by atoms with Gasteiger partial charge in [0.25, 0.3) is 0 Å². The molecule has 6 nitrogen and oxygen atoms in total. The summed E-state index contributed by atoms with van der Waals surface area (Å²) in [5.41, 5.74) is 0. The lowest BCUT2D eigenvalue weighted by molar-refractivity contribution is -0.144. The molecule has 0 aromatic carbocycles. The van der Waals surface area contributed by atoms with Gasteiger partial charge in [-0.2, -0.15) is 0 Å². The second-order valence-electron chi connectivity index (χ2n) is 6.83. The fourth-order valence-corrected chi connectivity index (χ4v) is 3.74. The Kier molecular flexibility index (Phi) is 5.54. The number of likely N-dealkylation sites (tertiary alicyclic amines) is 1. The molecule has 2 heterocycles. The number of morpholine rings is 1. The molecule has 0 radical (unpaired) electrons. The molecule has 0 aromatic heterocycles. The van der Waals surface area contributed by atoms with Gasteiger partial charge in [0.05, 0.1) is 25.8 Å². The van der Waals surface area contributed by atoms with Crippen molar-refractivity contribution in [3.63, 3.8) is 0 Å². The molecule has 23 heavy (non-hydrogen) atoms. The Bertz CT molecular complexity index is 433. The molecule has 2 aliphatic heterocycles. The highest BCUT2D eigenvalue weighted by Gasteiger charge is 2.36. The average Bonchev–Trinajstić information content (AvgIpc) is 3.41. The van der Waals surface area contributed by atoms with E-state index in [2.05, 4.69) is 4.90 Å².